The summed E-state index contributed by atoms with van der Waals surface area (Å²) in [5.74, 6) is -0.812. The minimum Gasteiger partial charge on any atom is -0.387 e. The number of nitrogens with zero attached hydrogens (tertiary/aromatic N) is 2. The Morgan fingerprint density at radius 3 is 2.52 bits per heavy atom. The quantitative estimate of drug-likeness (QED) is 0.568. The predicted octanol–water partition coefficient (Wildman–Crippen LogP) is 4.92. The highest BCUT2D eigenvalue weighted by atomic mass is 19.4. The lowest BCUT2D eigenvalue weighted by Crippen LogP contribution is -2.19. The van der Waals surface area contributed by atoms with Gasteiger partial charge < -0.3 is 10.4 Å². The molecule has 156 valence electrons. The number of aliphatic hydroxyl groups excluding tert-OH is 1. The van der Waals surface area contributed by atoms with Crippen LogP contribution < -0.4 is 5.32 Å². The predicted molar refractivity (Wildman–Crippen MR) is 108 cm³/mol. The van der Waals surface area contributed by atoms with E-state index in [0.717, 1.165) is 12.1 Å². The van der Waals surface area contributed by atoms with Gasteiger partial charge in [0.1, 0.15) is 11.5 Å². The highest BCUT2D eigenvalue weighted by Crippen LogP contribution is 2.33. The van der Waals surface area contributed by atoms with E-state index in [4.69, 9.17) is 0 Å². The van der Waals surface area contributed by atoms with Crippen LogP contribution in [-0.2, 0) is 6.18 Å². The van der Waals surface area contributed by atoms with Crippen molar-refractivity contribution in [2.24, 2.45) is 0 Å². The second-order valence-corrected chi connectivity index (χ2v) is 6.36. The molecule has 0 unspecified atom stereocenters. The second kappa shape index (κ2) is 8.40. The number of rotatable bonds is 6. The molecule has 1 atom stereocenters. The number of hydrogen-bond acceptors (Lipinski definition) is 5. The number of hydrogen-bond donors (Lipinski definition) is 2. The topological polar surface area (TPSA) is 75.1 Å². The van der Waals surface area contributed by atoms with Crippen molar-refractivity contribution in [2.45, 2.75) is 19.2 Å². The van der Waals surface area contributed by atoms with Gasteiger partial charge in [-0.25, -0.2) is 4.98 Å². The molecule has 5 nitrogen and oxygen atoms in total. The van der Waals surface area contributed by atoms with Gasteiger partial charge in [-0.3, -0.25) is 9.78 Å². The van der Waals surface area contributed by atoms with E-state index in [2.05, 4.69) is 15.3 Å². The van der Waals surface area contributed by atoms with Gasteiger partial charge in [-0.1, -0.05) is 30.3 Å². The van der Waals surface area contributed by atoms with E-state index in [-0.39, 0.29) is 22.2 Å². The van der Waals surface area contributed by atoms with Crippen molar-refractivity contribution < 1.29 is 27.4 Å². The van der Waals surface area contributed by atoms with Crippen molar-refractivity contribution >= 4 is 11.6 Å². The first-order chi connectivity index (χ1) is 13.8. The van der Waals surface area contributed by atoms with Crippen LogP contribution in [0.1, 0.15) is 43.3 Å². The molecule has 0 aliphatic carbocycles. The maximum atomic E-state index is 13.4. The molecule has 8 heteroatoms. The number of carbonyl (C=O) groups excluding carboxylic acids is 1. The third kappa shape index (κ3) is 4.78. The number of anilines is 1. The number of nitrogens with one attached hydrogen (secondary N) is 1. The lowest BCUT2D eigenvalue weighted by molar-refractivity contribution is -0.138. The lowest BCUT2D eigenvalue weighted by Gasteiger charge is -2.16. The van der Waals surface area contributed by atoms with Crippen LogP contribution >= 0.6 is 0 Å². The van der Waals surface area contributed by atoms with Crippen LogP contribution in [0.2, 0.25) is 0 Å². The molecule has 0 amide bonds. The van der Waals surface area contributed by atoms with E-state index < -0.39 is 29.3 Å². The molecule has 3 rings (SSSR count). The van der Waals surface area contributed by atoms with Crippen LogP contribution in [0.3, 0.4) is 0 Å². The molecule has 29 heavy (non-hydrogen) atoms. The fourth-order valence-corrected chi connectivity index (χ4v) is 2.81. The van der Waals surface area contributed by atoms with Crippen molar-refractivity contribution in [3.05, 3.63) is 88.9 Å². The van der Waals surface area contributed by atoms with Crippen LogP contribution in [0, 0.1) is 6.92 Å². The zero-order valence-electron chi connectivity index (χ0n) is 15.4. The summed E-state index contributed by atoms with van der Waals surface area (Å²) in [5.41, 5.74) is -0.834. The summed E-state index contributed by atoms with van der Waals surface area (Å²) >= 11 is 0. The molecule has 1 aromatic carbocycles. The van der Waals surface area contributed by atoms with Crippen molar-refractivity contribution in [3.63, 3.8) is 0 Å². The van der Waals surface area contributed by atoms with Gasteiger partial charge in [-0.05, 0) is 36.8 Å². The highest BCUT2D eigenvalue weighted by Gasteiger charge is 2.37. The minimum atomic E-state index is -4.74. The lowest BCUT2D eigenvalue weighted by atomic mass is 10.0. The Bertz CT molecular complexity index is 1020. The molecule has 2 aromatic heterocycles. The summed E-state index contributed by atoms with van der Waals surface area (Å²) in [5, 5.41) is 13.0. The van der Waals surface area contributed by atoms with E-state index >= 15 is 0 Å². The fraction of sp³-hybridized carbons (Fsp3) is 0.190. The van der Waals surface area contributed by atoms with Crippen LogP contribution in [0.5, 0.6) is 0 Å². The maximum Gasteiger partial charge on any atom is 0.418 e. The molecule has 0 aliphatic rings. The van der Waals surface area contributed by atoms with E-state index in [0.29, 0.717) is 11.3 Å². The SMILES string of the molecule is Cc1ncccc1C(=O)c1nc(NC[C@@H](O)c2ccccc2)ccc1C(F)(F)F.[HH].[HH].[HH]. The summed E-state index contributed by atoms with van der Waals surface area (Å²) in [4.78, 5) is 20.6. The van der Waals surface area contributed by atoms with Gasteiger partial charge in [0.05, 0.1) is 11.7 Å². The van der Waals surface area contributed by atoms with Gasteiger partial charge in [-0.2, -0.15) is 13.2 Å². The van der Waals surface area contributed by atoms with Gasteiger partial charge in [0.25, 0.3) is 0 Å². The highest BCUT2D eigenvalue weighted by molar-refractivity contribution is 6.09. The van der Waals surface area contributed by atoms with E-state index in [1.165, 1.54) is 18.3 Å². The minimum absolute atomic E-state index is 0. The zero-order chi connectivity index (χ0) is 21.0. The molecular formula is C21H24F3N3O2. The maximum absolute atomic E-state index is 13.4. The van der Waals surface area contributed by atoms with Gasteiger partial charge in [0, 0.05) is 28.3 Å². The molecular weight excluding hydrogens is 383 g/mol. The molecule has 0 spiro atoms. The number of pyridine rings is 2. The summed E-state index contributed by atoms with van der Waals surface area (Å²) in [7, 11) is 0. The van der Waals surface area contributed by atoms with E-state index in [9.17, 15) is 23.1 Å². The smallest absolute Gasteiger partial charge is 0.387 e. The molecule has 0 aliphatic heterocycles. The molecule has 3 aromatic rings. The molecule has 0 saturated heterocycles. The van der Waals surface area contributed by atoms with Crippen molar-refractivity contribution in [1.29, 1.82) is 0 Å². The number of aryl methyl sites for hydroxylation is 1. The first-order valence-electron chi connectivity index (χ1n) is 8.79. The van der Waals surface area contributed by atoms with Gasteiger partial charge in [0.2, 0.25) is 5.78 Å². The van der Waals surface area contributed by atoms with Crippen LogP contribution in [0.4, 0.5) is 19.0 Å². The molecule has 0 saturated carbocycles. The van der Waals surface area contributed by atoms with E-state index in [1.807, 2.05) is 0 Å². The van der Waals surface area contributed by atoms with Gasteiger partial charge in [-0.15, -0.1) is 0 Å². The number of aromatic nitrogens is 2. The Balaban J connectivity index is 0.00000320. The van der Waals surface area contributed by atoms with Gasteiger partial charge in [0.15, 0.2) is 0 Å². The van der Waals surface area contributed by atoms with Crippen LogP contribution in [0.25, 0.3) is 0 Å². The number of carbonyl (C=O) groups is 1. The standard InChI is InChI=1S/C21H18F3N3O2.3H2/c1-13-15(8-5-11-25-13)20(29)19-16(21(22,23)24)9-10-18(27-19)26-12-17(28)14-6-3-2-4-7-14;;;/h2-11,17,28H,12H2,1H3,(H,26,27);3*1H/t17-;;;/m1.../s1. The fourth-order valence-electron chi connectivity index (χ4n) is 2.81. The number of aliphatic hydroxyl groups is 1. The first kappa shape index (κ1) is 20.5. The molecule has 0 radical (unpaired) electrons. The average molecular weight is 407 g/mol. The second-order valence-electron chi connectivity index (χ2n) is 6.36. The Hall–Kier alpha value is -3.26. The average Bonchev–Trinajstić information content (AvgIpc) is 2.71. The molecule has 0 fully saturated rings. The van der Waals surface area contributed by atoms with Crippen LogP contribution in [0.15, 0.2) is 60.8 Å². The Labute approximate surface area is 169 Å². The van der Waals surface area contributed by atoms with Crippen molar-refractivity contribution in [3.8, 4) is 0 Å². The summed E-state index contributed by atoms with van der Waals surface area (Å²) < 4.78 is 40.3. The normalized spacial score (nSPS) is 12.4. The summed E-state index contributed by atoms with van der Waals surface area (Å²) in [6.07, 6.45) is -4.18. The van der Waals surface area contributed by atoms with Crippen LogP contribution in [-0.4, -0.2) is 27.4 Å². The third-order valence-corrected chi connectivity index (χ3v) is 4.33. The van der Waals surface area contributed by atoms with Crippen molar-refractivity contribution in [1.82, 2.24) is 9.97 Å². The summed E-state index contributed by atoms with van der Waals surface area (Å²) in [6.45, 7) is 1.56. The number of benzene rings is 1. The Morgan fingerprint density at radius 2 is 1.86 bits per heavy atom. The first-order valence-corrected chi connectivity index (χ1v) is 8.79. The number of alkyl halides is 3. The molecule has 0 bridgehead atoms. The van der Waals surface area contributed by atoms with Gasteiger partial charge >= 0.3 is 6.18 Å². The monoisotopic (exact) mass is 407 g/mol. The molecule has 2 heterocycles. The third-order valence-electron chi connectivity index (χ3n) is 4.33. The Morgan fingerprint density at radius 1 is 1.14 bits per heavy atom. The number of halogens is 3. The Kier molecular flexibility index (Phi) is 5.93. The van der Waals surface area contributed by atoms with E-state index in [1.54, 1.807) is 37.3 Å². The summed E-state index contributed by atoms with van der Waals surface area (Å²) in [6, 6.07) is 13.6. The number of ketones is 1. The largest absolute Gasteiger partial charge is 0.418 e. The molecule has 2 N–H and O–H groups in total. The van der Waals surface area contributed by atoms with Crippen molar-refractivity contribution in [2.75, 3.05) is 11.9 Å². The zero-order valence-corrected chi connectivity index (χ0v) is 15.4.